The summed E-state index contributed by atoms with van der Waals surface area (Å²) in [6.07, 6.45) is 1.82. The number of hydrogen-bond acceptors (Lipinski definition) is 3. The Morgan fingerprint density at radius 2 is 1.63 bits per heavy atom. The maximum atomic E-state index is 4.95. The van der Waals surface area contributed by atoms with E-state index in [2.05, 4.69) is 111 Å². The normalized spacial score (nSPS) is 11.3. The molecule has 8 aromatic rings. The Kier molecular flexibility index (Phi) is 6.42. The molecule has 0 bridgehead atoms. The Hall–Kier alpha value is -4.31. The van der Waals surface area contributed by atoms with Crippen LogP contribution in [0.3, 0.4) is 0 Å². The van der Waals surface area contributed by atoms with Crippen LogP contribution in [0, 0.1) is 12.1 Å². The molecule has 198 valence electrons. The average Bonchev–Trinajstić information content (AvgIpc) is 3.74. The van der Waals surface area contributed by atoms with Crippen LogP contribution in [0.4, 0.5) is 0 Å². The van der Waals surface area contributed by atoms with Gasteiger partial charge in [0.1, 0.15) is 0 Å². The second-order valence-corrected chi connectivity index (χ2v) is 10.6. The van der Waals surface area contributed by atoms with Gasteiger partial charge in [0.15, 0.2) is 0 Å². The van der Waals surface area contributed by atoms with Gasteiger partial charge in [-0.15, -0.1) is 53.6 Å². The van der Waals surface area contributed by atoms with Crippen molar-refractivity contribution >= 4 is 44.2 Å². The third-order valence-electron chi connectivity index (χ3n) is 7.52. The summed E-state index contributed by atoms with van der Waals surface area (Å²) in [6.45, 7) is 0. The SMILES string of the molecule is Cn1c(-c2[c-]c3c(cc2)c2cc(-c4ccsc4)ccc2n3-c2[c-]c(-c3ccccn3)ccc2)nc2ccccc21.[Pt+2]. The molecule has 0 spiro atoms. The Morgan fingerprint density at radius 3 is 2.46 bits per heavy atom. The first-order chi connectivity index (χ1) is 19.7. The van der Waals surface area contributed by atoms with Gasteiger partial charge in [-0.1, -0.05) is 41.8 Å². The van der Waals surface area contributed by atoms with Crippen LogP contribution in [-0.4, -0.2) is 19.1 Å². The van der Waals surface area contributed by atoms with E-state index in [1.165, 1.54) is 16.5 Å². The van der Waals surface area contributed by atoms with Gasteiger partial charge in [0.2, 0.25) is 0 Å². The molecule has 0 radical (unpaired) electrons. The quantitative estimate of drug-likeness (QED) is 0.170. The third-order valence-corrected chi connectivity index (χ3v) is 8.20. The maximum Gasteiger partial charge on any atom is 2.00 e. The van der Waals surface area contributed by atoms with Gasteiger partial charge in [0, 0.05) is 18.8 Å². The van der Waals surface area contributed by atoms with E-state index in [1.807, 2.05) is 36.5 Å². The zero-order valence-corrected chi connectivity index (χ0v) is 25.1. The fourth-order valence-electron chi connectivity index (χ4n) is 5.58. The zero-order chi connectivity index (χ0) is 26.6. The van der Waals surface area contributed by atoms with Gasteiger partial charge in [-0.05, 0) is 74.5 Å². The van der Waals surface area contributed by atoms with E-state index in [9.17, 15) is 0 Å². The summed E-state index contributed by atoms with van der Waals surface area (Å²) >= 11 is 1.72. The van der Waals surface area contributed by atoms with E-state index in [-0.39, 0.29) is 21.1 Å². The molecule has 0 fully saturated rings. The van der Waals surface area contributed by atoms with Gasteiger partial charge in [-0.25, -0.2) is 0 Å². The van der Waals surface area contributed by atoms with Crippen molar-refractivity contribution in [2.45, 2.75) is 0 Å². The summed E-state index contributed by atoms with van der Waals surface area (Å²) in [5.41, 5.74) is 10.4. The van der Waals surface area contributed by atoms with Crippen molar-refractivity contribution < 1.29 is 21.1 Å². The number of nitrogens with zero attached hydrogens (tertiary/aromatic N) is 4. The fraction of sp³-hybridized carbons (Fsp3) is 0.0286. The molecule has 0 saturated heterocycles. The molecule has 0 saturated carbocycles. The summed E-state index contributed by atoms with van der Waals surface area (Å²) in [7, 11) is 2.06. The first-order valence-electron chi connectivity index (χ1n) is 13.1. The standard InChI is InChI=1S/C35H22N4S.Pt/c1-38-33-11-3-2-10-31(33)37-35(38)25-12-14-28-29-20-23(26-16-18-40-22-26)13-15-32(29)39(34(28)21-25)27-8-6-7-24(19-27)30-9-4-5-17-36-30;/h2-18,20,22H,1H3;/q-2;+2. The number of benzene rings is 4. The fourth-order valence-corrected chi connectivity index (χ4v) is 6.24. The number of rotatable bonds is 4. The monoisotopic (exact) mass is 725 g/mol. The Labute approximate surface area is 255 Å². The number of thiophene rings is 1. The van der Waals surface area contributed by atoms with Crippen molar-refractivity contribution in [2.24, 2.45) is 7.05 Å². The topological polar surface area (TPSA) is 35.6 Å². The molecular formula is C35H22N4PtS. The van der Waals surface area contributed by atoms with E-state index in [4.69, 9.17) is 4.98 Å². The summed E-state index contributed by atoms with van der Waals surface area (Å²) in [5, 5.41) is 6.65. The number of pyridine rings is 1. The van der Waals surface area contributed by atoms with Gasteiger partial charge < -0.3 is 14.1 Å². The molecule has 0 aliphatic heterocycles. The molecule has 4 aromatic carbocycles. The molecule has 8 rings (SSSR count). The molecular weight excluding hydrogens is 704 g/mol. The molecule has 41 heavy (non-hydrogen) atoms. The number of aromatic nitrogens is 4. The van der Waals surface area contributed by atoms with Gasteiger partial charge in [0.05, 0.1) is 16.9 Å². The van der Waals surface area contributed by atoms with Crippen LogP contribution in [0.25, 0.3) is 72.3 Å². The zero-order valence-electron chi connectivity index (χ0n) is 22.0. The van der Waals surface area contributed by atoms with E-state index in [0.29, 0.717) is 0 Å². The van der Waals surface area contributed by atoms with Crippen molar-refractivity contribution in [2.75, 3.05) is 0 Å². The second kappa shape index (κ2) is 10.3. The number of imidazole rings is 1. The molecule has 4 aromatic heterocycles. The molecule has 0 atom stereocenters. The second-order valence-electron chi connectivity index (χ2n) is 9.86. The predicted octanol–water partition coefficient (Wildman–Crippen LogP) is 8.73. The third kappa shape index (κ3) is 4.24. The largest absolute Gasteiger partial charge is 2.00 e. The van der Waals surface area contributed by atoms with E-state index >= 15 is 0 Å². The molecule has 4 nitrogen and oxygen atoms in total. The van der Waals surface area contributed by atoms with Crippen LogP contribution < -0.4 is 0 Å². The molecule has 4 heterocycles. The van der Waals surface area contributed by atoms with Crippen molar-refractivity contribution in [3.63, 3.8) is 0 Å². The number of aryl methyl sites for hydroxylation is 1. The van der Waals surface area contributed by atoms with Crippen LogP contribution in [0.15, 0.2) is 114 Å². The molecule has 0 amide bonds. The number of fused-ring (bicyclic) bond motifs is 4. The van der Waals surface area contributed by atoms with Crippen molar-refractivity contribution in [3.05, 3.63) is 126 Å². The summed E-state index contributed by atoms with van der Waals surface area (Å²) in [6, 6.07) is 41.1. The van der Waals surface area contributed by atoms with Crippen LogP contribution in [0.2, 0.25) is 0 Å². The summed E-state index contributed by atoms with van der Waals surface area (Å²) < 4.78 is 4.41. The number of para-hydroxylation sites is 2. The predicted molar refractivity (Wildman–Crippen MR) is 165 cm³/mol. The Morgan fingerprint density at radius 1 is 0.732 bits per heavy atom. The minimum absolute atomic E-state index is 0. The van der Waals surface area contributed by atoms with Crippen molar-refractivity contribution in [3.8, 4) is 39.5 Å². The Balaban J connectivity index is 0.00000276. The minimum atomic E-state index is 0. The van der Waals surface area contributed by atoms with Crippen molar-refractivity contribution in [1.82, 2.24) is 19.1 Å². The van der Waals surface area contributed by atoms with Crippen LogP contribution in [0.1, 0.15) is 0 Å². The van der Waals surface area contributed by atoms with Crippen LogP contribution in [-0.2, 0) is 28.1 Å². The van der Waals surface area contributed by atoms with E-state index in [1.54, 1.807) is 11.3 Å². The minimum Gasteiger partial charge on any atom is -0.367 e. The van der Waals surface area contributed by atoms with Gasteiger partial charge in [0.25, 0.3) is 0 Å². The first kappa shape index (κ1) is 25.6. The van der Waals surface area contributed by atoms with E-state index in [0.717, 1.165) is 55.8 Å². The van der Waals surface area contributed by atoms with Crippen LogP contribution >= 0.6 is 11.3 Å². The van der Waals surface area contributed by atoms with Gasteiger partial charge in [-0.3, -0.25) is 4.98 Å². The Bertz CT molecular complexity index is 2180. The number of hydrogen-bond donors (Lipinski definition) is 0. The molecule has 0 N–H and O–H groups in total. The maximum absolute atomic E-state index is 4.95. The summed E-state index contributed by atoms with van der Waals surface area (Å²) in [4.78, 5) is 9.52. The molecule has 0 aliphatic rings. The first-order valence-corrected chi connectivity index (χ1v) is 14.1. The van der Waals surface area contributed by atoms with Gasteiger partial charge in [-0.2, -0.15) is 11.3 Å². The van der Waals surface area contributed by atoms with Crippen LogP contribution in [0.5, 0.6) is 0 Å². The average molecular weight is 726 g/mol. The smallest absolute Gasteiger partial charge is 0.367 e. The van der Waals surface area contributed by atoms with Crippen molar-refractivity contribution in [1.29, 1.82) is 0 Å². The van der Waals surface area contributed by atoms with Gasteiger partial charge >= 0.3 is 21.1 Å². The molecule has 0 aliphatic carbocycles. The van der Waals surface area contributed by atoms with E-state index < -0.39 is 0 Å². The molecule has 0 unspecified atom stereocenters. The molecule has 6 heteroatoms. The summed E-state index contributed by atoms with van der Waals surface area (Å²) in [5.74, 6) is 0.894.